The minimum Gasteiger partial charge on any atom is -0.478 e. The van der Waals surface area contributed by atoms with Crippen LogP contribution in [0.4, 0.5) is 11.4 Å². The van der Waals surface area contributed by atoms with Crippen molar-refractivity contribution >= 4 is 33.3 Å². The molecule has 0 aromatic heterocycles. The third-order valence-electron chi connectivity index (χ3n) is 2.97. The van der Waals surface area contributed by atoms with E-state index in [9.17, 15) is 10.1 Å². The van der Waals surface area contributed by atoms with Crippen molar-refractivity contribution < 1.29 is 9.90 Å². The number of rotatable bonds is 3. The molecule has 4 nitrogen and oxygen atoms in total. The molecule has 0 fully saturated rings. The van der Waals surface area contributed by atoms with Gasteiger partial charge in [-0.25, -0.2) is 4.79 Å². The fraction of sp³-hybridized carbons (Fsp3) is 0.0667. The van der Waals surface area contributed by atoms with Gasteiger partial charge in [-0.2, -0.15) is 5.26 Å². The summed E-state index contributed by atoms with van der Waals surface area (Å²) in [5.74, 6) is -0.959. The number of benzene rings is 2. The highest BCUT2D eigenvalue weighted by Gasteiger charge is 2.12. The molecule has 2 rings (SSSR count). The molecule has 100 valence electrons. The van der Waals surface area contributed by atoms with Gasteiger partial charge in [0.05, 0.1) is 16.8 Å². The van der Waals surface area contributed by atoms with Crippen LogP contribution in [0.15, 0.2) is 46.9 Å². The predicted octanol–water partition coefficient (Wildman–Crippen LogP) is 3.79. The Morgan fingerprint density at radius 1 is 1.25 bits per heavy atom. The summed E-state index contributed by atoms with van der Waals surface area (Å²) in [5.41, 5.74) is 2.34. The fourth-order valence-corrected chi connectivity index (χ4v) is 2.31. The van der Waals surface area contributed by atoms with Gasteiger partial charge in [0, 0.05) is 17.2 Å². The Hall–Kier alpha value is -2.32. The summed E-state index contributed by atoms with van der Waals surface area (Å²) < 4.78 is 0.728. The number of carbonyl (C=O) groups is 1. The second-order valence-corrected chi connectivity index (χ2v) is 5.01. The summed E-state index contributed by atoms with van der Waals surface area (Å²) in [6, 6.07) is 14.2. The number of nitrogens with zero attached hydrogens (tertiary/aromatic N) is 2. The maximum absolute atomic E-state index is 10.8. The van der Waals surface area contributed by atoms with Crippen LogP contribution in [0.1, 0.15) is 15.9 Å². The second kappa shape index (κ2) is 5.76. The zero-order valence-electron chi connectivity index (χ0n) is 10.7. The first kappa shape index (κ1) is 14.1. The van der Waals surface area contributed by atoms with Crippen LogP contribution >= 0.6 is 15.9 Å². The van der Waals surface area contributed by atoms with Gasteiger partial charge in [-0.1, -0.05) is 6.07 Å². The lowest BCUT2D eigenvalue weighted by Crippen LogP contribution is -2.11. The van der Waals surface area contributed by atoms with E-state index >= 15 is 0 Å². The second-order valence-electron chi connectivity index (χ2n) is 4.16. The summed E-state index contributed by atoms with van der Waals surface area (Å²) >= 11 is 3.35. The maximum Gasteiger partial charge on any atom is 0.335 e. The highest BCUT2D eigenvalue weighted by Crippen LogP contribution is 2.31. The highest BCUT2D eigenvalue weighted by molar-refractivity contribution is 9.10. The number of aromatic carboxylic acids is 1. The standard InChI is InChI=1S/C15H11BrN2O2/c1-18(11-7-5-10(6-8-11)15(19)20)14-4-2-3-13(16)12(14)9-17/h2-8H,1H3,(H,19,20). The molecular formula is C15H11BrN2O2. The summed E-state index contributed by atoms with van der Waals surface area (Å²) in [4.78, 5) is 12.7. The lowest BCUT2D eigenvalue weighted by Gasteiger charge is -2.21. The first-order valence-electron chi connectivity index (χ1n) is 5.80. The van der Waals surface area contributed by atoms with Crippen molar-refractivity contribution in [1.29, 1.82) is 5.26 Å². The lowest BCUT2D eigenvalue weighted by molar-refractivity contribution is 0.0697. The van der Waals surface area contributed by atoms with Gasteiger partial charge < -0.3 is 10.0 Å². The third-order valence-corrected chi connectivity index (χ3v) is 3.63. The lowest BCUT2D eigenvalue weighted by atomic mass is 10.1. The minimum absolute atomic E-state index is 0.233. The number of anilines is 2. The van der Waals surface area contributed by atoms with E-state index in [4.69, 9.17) is 5.11 Å². The van der Waals surface area contributed by atoms with Crippen molar-refractivity contribution in [3.8, 4) is 6.07 Å². The third kappa shape index (κ3) is 2.65. The number of hydrogen-bond donors (Lipinski definition) is 1. The largest absolute Gasteiger partial charge is 0.478 e. The summed E-state index contributed by atoms with van der Waals surface area (Å²) in [5, 5.41) is 18.1. The van der Waals surface area contributed by atoms with Gasteiger partial charge in [0.25, 0.3) is 0 Å². The zero-order valence-corrected chi connectivity index (χ0v) is 12.3. The van der Waals surface area contributed by atoms with E-state index in [1.807, 2.05) is 30.1 Å². The number of carboxylic acid groups (broad SMARTS) is 1. The van der Waals surface area contributed by atoms with Crippen LogP contribution in [-0.4, -0.2) is 18.1 Å². The SMILES string of the molecule is CN(c1ccc(C(=O)O)cc1)c1cccc(Br)c1C#N. The van der Waals surface area contributed by atoms with E-state index < -0.39 is 5.97 Å². The first-order valence-corrected chi connectivity index (χ1v) is 6.59. The van der Waals surface area contributed by atoms with Crippen LogP contribution in [0.2, 0.25) is 0 Å². The van der Waals surface area contributed by atoms with E-state index in [1.165, 1.54) is 12.1 Å². The normalized spacial score (nSPS) is 9.85. The van der Waals surface area contributed by atoms with E-state index in [1.54, 1.807) is 12.1 Å². The van der Waals surface area contributed by atoms with E-state index in [-0.39, 0.29) is 5.56 Å². The van der Waals surface area contributed by atoms with Crippen LogP contribution in [0, 0.1) is 11.3 Å². The van der Waals surface area contributed by atoms with Crippen LogP contribution in [-0.2, 0) is 0 Å². The molecule has 0 atom stereocenters. The van der Waals surface area contributed by atoms with E-state index in [0.717, 1.165) is 15.8 Å². The molecule has 5 heteroatoms. The minimum atomic E-state index is -0.959. The fourth-order valence-electron chi connectivity index (χ4n) is 1.87. The number of carboxylic acids is 1. The molecule has 0 unspecified atom stereocenters. The van der Waals surface area contributed by atoms with Crippen LogP contribution in [0.25, 0.3) is 0 Å². The Kier molecular flexibility index (Phi) is 4.06. The molecule has 20 heavy (non-hydrogen) atoms. The van der Waals surface area contributed by atoms with Crippen molar-refractivity contribution in [2.45, 2.75) is 0 Å². The van der Waals surface area contributed by atoms with Crippen molar-refractivity contribution in [1.82, 2.24) is 0 Å². The quantitative estimate of drug-likeness (QED) is 0.929. The van der Waals surface area contributed by atoms with Crippen LogP contribution < -0.4 is 4.90 Å². The molecular weight excluding hydrogens is 320 g/mol. The number of halogens is 1. The monoisotopic (exact) mass is 330 g/mol. The molecule has 0 radical (unpaired) electrons. The molecule has 0 bridgehead atoms. The highest BCUT2D eigenvalue weighted by atomic mass is 79.9. The van der Waals surface area contributed by atoms with Gasteiger partial charge in [-0.3, -0.25) is 0 Å². The average molecular weight is 331 g/mol. The van der Waals surface area contributed by atoms with Crippen LogP contribution in [0.3, 0.4) is 0 Å². The van der Waals surface area contributed by atoms with Gasteiger partial charge in [-0.15, -0.1) is 0 Å². The Labute approximate surface area is 125 Å². The van der Waals surface area contributed by atoms with Crippen molar-refractivity contribution in [3.63, 3.8) is 0 Å². The molecule has 2 aromatic rings. The van der Waals surface area contributed by atoms with E-state index in [2.05, 4.69) is 22.0 Å². The Balaban J connectivity index is 2.41. The summed E-state index contributed by atoms with van der Waals surface area (Å²) in [7, 11) is 1.83. The van der Waals surface area contributed by atoms with Crippen molar-refractivity contribution in [2.75, 3.05) is 11.9 Å². The maximum atomic E-state index is 10.8. The Morgan fingerprint density at radius 2 is 1.90 bits per heavy atom. The molecule has 0 heterocycles. The molecule has 1 N–H and O–H groups in total. The molecule has 0 amide bonds. The van der Waals surface area contributed by atoms with Gasteiger partial charge >= 0.3 is 5.97 Å². The molecule has 0 saturated heterocycles. The predicted molar refractivity (Wildman–Crippen MR) is 80.3 cm³/mol. The molecule has 0 saturated carbocycles. The van der Waals surface area contributed by atoms with Gasteiger partial charge in [0.15, 0.2) is 0 Å². The topological polar surface area (TPSA) is 64.3 Å². The Morgan fingerprint density at radius 3 is 2.45 bits per heavy atom. The number of nitriles is 1. The molecule has 0 spiro atoms. The van der Waals surface area contributed by atoms with Gasteiger partial charge in [0.1, 0.15) is 6.07 Å². The summed E-state index contributed by atoms with van der Waals surface area (Å²) in [6.07, 6.45) is 0. The number of hydrogen-bond acceptors (Lipinski definition) is 3. The summed E-state index contributed by atoms with van der Waals surface area (Å²) in [6.45, 7) is 0. The van der Waals surface area contributed by atoms with E-state index in [0.29, 0.717) is 5.56 Å². The van der Waals surface area contributed by atoms with Gasteiger partial charge in [0.2, 0.25) is 0 Å². The molecule has 0 aliphatic carbocycles. The average Bonchev–Trinajstić information content (AvgIpc) is 2.46. The van der Waals surface area contributed by atoms with Gasteiger partial charge in [-0.05, 0) is 52.3 Å². The zero-order chi connectivity index (χ0) is 14.7. The molecule has 2 aromatic carbocycles. The smallest absolute Gasteiger partial charge is 0.335 e. The van der Waals surface area contributed by atoms with Crippen molar-refractivity contribution in [3.05, 3.63) is 58.1 Å². The Bertz CT molecular complexity index is 690. The molecule has 0 aliphatic rings. The first-order chi connectivity index (χ1) is 9.54. The van der Waals surface area contributed by atoms with Crippen LogP contribution in [0.5, 0.6) is 0 Å². The molecule has 0 aliphatic heterocycles. The van der Waals surface area contributed by atoms with Crippen molar-refractivity contribution in [2.24, 2.45) is 0 Å².